The van der Waals surface area contributed by atoms with E-state index in [4.69, 9.17) is 5.73 Å². The van der Waals surface area contributed by atoms with E-state index in [1.807, 2.05) is 0 Å². The second kappa shape index (κ2) is 2.39. The van der Waals surface area contributed by atoms with E-state index in [2.05, 4.69) is 0 Å². The maximum absolute atomic E-state index is 11.3. The number of hydrogen-bond donors (Lipinski definition) is 1. The van der Waals surface area contributed by atoms with Gasteiger partial charge < -0.3 is 10.6 Å². The average molecular weight is 186 g/mol. The van der Waals surface area contributed by atoms with Crippen LogP contribution in [0.5, 0.6) is 0 Å². The van der Waals surface area contributed by atoms with E-state index in [0.29, 0.717) is 19.4 Å². The standard InChI is InChI=1S/C7H10N2O2S/c8-6(11)7-2-1-5(10)9(7)3-4-12-7/h1-4H2,(H2,8,11). The van der Waals surface area contributed by atoms with Gasteiger partial charge >= 0.3 is 0 Å². The summed E-state index contributed by atoms with van der Waals surface area (Å²) in [5, 5.41) is 0. The summed E-state index contributed by atoms with van der Waals surface area (Å²) in [5.41, 5.74) is 5.28. The molecule has 2 N–H and O–H groups in total. The van der Waals surface area contributed by atoms with Crippen LogP contribution in [0.1, 0.15) is 12.8 Å². The van der Waals surface area contributed by atoms with Gasteiger partial charge in [-0.2, -0.15) is 0 Å². The van der Waals surface area contributed by atoms with Gasteiger partial charge in [0, 0.05) is 18.7 Å². The van der Waals surface area contributed by atoms with Crippen LogP contribution >= 0.6 is 11.8 Å². The van der Waals surface area contributed by atoms with E-state index in [0.717, 1.165) is 5.75 Å². The molecular formula is C7H10N2O2S. The minimum atomic E-state index is -0.683. The number of nitrogens with zero attached hydrogens (tertiary/aromatic N) is 1. The highest BCUT2D eigenvalue weighted by Gasteiger charge is 2.53. The number of rotatable bonds is 1. The third-order valence-corrected chi connectivity index (χ3v) is 3.95. The second-order valence-corrected chi connectivity index (χ2v) is 4.41. The van der Waals surface area contributed by atoms with E-state index in [9.17, 15) is 9.59 Å². The Morgan fingerprint density at radius 1 is 1.67 bits per heavy atom. The lowest BCUT2D eigenvalue weighted by Gasteiger charge is -2.26. The van der Waals surface area contributed by atoms with Crippen molar-refractivity contribution in [3.8, 4) is 0 Å². The Morgan fingerprint density at radius 2 is 2.42 bits per heavy atom. The predicted molar refractivity (Wildman–Crippen MR) is 45.3 cm³/mol. The molecule has 5 heteroatoms. The Morgan fingerprint density at radius 3 is 3.00 bits per heavy atom. The smallest absolute Gasteiger partial charge is 0.253 e. The number of thioether (sulfide) groups is 1. The van der Waals surface area contributed by atoms with Crippen LogP contribution in [0.25, 0.3) is 0 Å². The van der Waals surface area contributed by atoms with Crippen molar-refractivity contribution in [1.29, 1.82) is 0 Å². The first-order chi connectivity index (χ1) is 5.67. The molecule has 66 valence electrons. The number of hydrogen-bond acceptors (Lipinski definition) is 3. The summed E-state index contributed by atoms with van der Waals surface area (Å²) >= 11 is 1.50. The van der Waals surface area contributed by atoms with Crippen molar-refractivity contribution in [3.63, 3.8) is 0 Å². The third kappa shape index (κ3) is 0.798. The van der Waals surface area contributed by atoms with E-state index in [1.54, 1.807) is 4.90 Å². The molecule has 1 atom stereocenters. The van der Waals surface area contributed by atoms with Crippen molar-refractivity contribution < 1.29 is 9.59 Å². The Bertz CT molecular complexity index is 256. The fourth-order valence-electron chi connectivity index (χ4n) is 1.84. The minimum absolute atomic E-state index is 0.0683. The molecule has 0 aromatic rings. The Kier molecular flexibility index (Phi) is 1.57. The highest BCUT2D eigenvalue weighted by molar-refractivity contribution is 8.01. The fraction of sp³-hybridized carbons (Fsp3) is 0.714. The largest absolute Gasteiger partial charge is 0.367 e. The first-order valence-corrected chi connectivity index (χ1v) is 4.90. The second-order valence-electron chi connectivity index (χ2n) is 3.04. The minimum Gasteiger partial charge on any atom is -0.367 e. The van der Waals surface area contributed by atoms with Crippen LogP contribution in [0.4, 0.5) is 0 Å². The lowest BCUT2D eigenvalue weighted by Crippen LogP contribution is -2.48. The van der Waals surface area contributed by atoms with E-state index in [1.165, 1.54) is 11.8 Å². The number of fused-ring (bicyclic) bond motifs is 1. The lowest BCUT2D eigenvalue weighted by molar-refractivity contribution is -0.134. The van der Waals surface area contributed by atoms with Crippen LogP contribution in [0.2, 0.25) is 0 Å². The van der Waals surface area contributed by atoms with Crippen LogP contribution < -0.4 is 5.73 Å². The SMILES string of the molecule is NC(=O)C12CCC(=O)N1CCS2. The van der Waals surface area contributed by atoms with Gasteiger partial charge in [-0.1, -0.05) is 0 Å². The number of amides is 2. The van der Waals surface area contributed by atoms with Gasteiger partial charge in [-0.25, -0.2) is 0 Å². The molecule has 0 saturated carbocycles. The molecule has 2 rings (SSSR count). The van der Waals surface area contributed by atoms with Crippen LogP contribution in [0.15, 0.2) is 0 Å². The van der Waals surface area contributed by atoms with Gasteiger partial charge in [0.1, 0.15) is 0 Å². The molecule has 0 aromatic heterocycles. The molecule has 2 aliphatic heterocycles. The van der Waals surface area contributed by atoms with Gasteiger partial charge in [-0.3, -0.25) is 9.59 Å². The van der Waals surface area contributed by atoms with Gasteiger partial charge in [0.2, 0.25) is 5.91 Å². The zero-order chi connectivity index (χ0) is 8.77. The predicted octanol–water partition coefficient (Wildman–Crippen LogP) is -0.463. The monoisotopic (exact) mass is 186 g/mol. The zero-order valence-electron chi connectivity index (χ0n) is 6.58. The molecule has 0 radical (unpaired) electrons. The van der Waals surface area contributed by atoms with E-state index >= 15 is 0 Å². The van der Waals surface area contributed by atoms with Crippen LogP contribution in [-0.4, -0.2) is 33.9 Å². The summed E-state index contributed by atoms with van der Waals surface area (Å²) < 4.78 is 0. The molecular weight excluding hydrogens is 176 g/mol. The summed E-state index contributed by atoms with van der Waals surface area (Å²) in [7, 11) is 0. The highest BCUT2D eigenvalue weighted by Crippen LogP contribution is 2.44. The maximum Gasteiger partial charge on any atom is 0.253 e. The quantitative estimate of drug-likeness (QED) is 0.602. The van der Waals surface area contributed by atoms with Crippen molar-refractivity contribution in [1.82, 2.24) is 4.90 Å². The normalized spacial score (nSPS) is 34.0. The first kappa shape index (κ1) is 7.91. The Labute approximate surface area is 74.5 Å². The molecule has 2 saturated heterocycles. The molecule has 1 unspecified atom stereocenters. The third-order valence-electron chi connectivity index (χ3n) is 2.46. The molecule has 0 bridgehead atoms. The van der Waals surface area contributed by atoms with Crippen molar-refractivity contribution in [3.05, 3.63) is 0 Å². The van der Waals surface area contributed by atoms with Crippen molar-refractivity contribution in [2.45, 2.75) is 17.7 Å². The number of carbonyl (C=O) groups excluding carboxylic acids is 2. The number of primary amides is 1. The summed E-state index contributed by atoms with van der Waals surface area (Å²) in [4.78, 5) is 23.4. The molecule has 0 spiro atoms. The zero-order valence-corrected chi connectivity index (χ0v) is 7.39. The van der Waals surface area contributed by atoms with E-state index < -0.39 is 4.87 Å². The van der Waals surface area contributed by atoms with Crippen molar-refractivity contribution in [2.24, 2.45) is 5.73 Å². The highest BCUT2D eigenvalue weighted by atomic mass is 32.2. The van der Waals surface area contributed by atoms with Gasteiger partial charge in [0.15, 0.2) is 4.87 Å². The van der Waals surface area contributed by atoms with Crippen LogP contribution in [0.3, 0.4) is 0 Å². The molecule has 2 aliphatic rings. The van der Waals surface area contributed by atoms with E-state index in [-0.39, 0.29) is 11.8 Å². The molecule has 2 fully saturated rings. The maximum atomic E-state index is 11.3. The van der Waals surface area contributed by atoms with Gasteiger partial charge in [-0.15, -0.1) is 11.8 Å². The fourth-order valence-corrected chi connectivity index (χ4v) is 3.19. The van der Waals surface area contributed by atoms with Gasteiger partial charge in [0.05, 0.1) is 0 Å². The van der Waals surface area contributed by atoms with Gasteiger partial charge in [-0.05, 0) is 6.42 Å². The summed E-state index contributed by atoms with van der Waals surface area (Å²) in [5.74, 6) is 0.531. The molecule has 12 heavy (non-hydrogen) atoms. The number of nitrogens with two attached hydrogens (primary N) is 1. The molecule has 4 nitrogen and oxygen atoms in total. The average Bonchev–Trinajstić information content (AvgIpc) is 2.53. The van der Waals surface area contributed by atoms with Crippen LogP contribution in [0, 0.1) is 0 Å². The van der Waals surface area contributed by atoms with Crippen molar-refractivity contribution >= 4 is 23.6 Å². The van der Waals surface area contributed by atoms with Crippen molar-refractivity contribution in [2.75, 3.05) is 12.3 Å². The first-order valence-electron chi connectivity index (χ1n) is 3.91. The molecule has 0 aliphatic carbocycles. The summed E-state index contributed by atoms with van der Waals surface area (Å²) in [6, 6.07) is 0. The van der Waals surface area contributed by atoms with Crippen LogP contribution in [-0.2, 0) is 9.59 Å². The number of carbonyl (C=O) groups is 2. The van der Waals surface area contributed by atoms with Gasteiger partial charge in [0.25, 0.3) is 5.91 Å². The lowest BCUT2D eigenvalue weighted by atomic mass is 10.2. The summed E-state index contributed by atoms with van der Waals surface area (Å²) in [6.07, 6.45) is 1.06. The topological polar surface area (TPSA) is 63.4 Å². The molecule has 2 heterocycles. The Hall–Kier alpha value is -0.710. The molecule has 0 aromatic carbocycles. The molecule has 2 amide bonds. The Balaban J connectivity index is 2.35. The summed E-state index contributed by atoms with van der Waals surface area (Å²) in [6.45, 7) is 0.673.